The molecule has 1 aliphatic heterocycles. The topological polar surface area (TPSA) is 66.8 Å². The minimum atomic E-state index is -0.936. The molecule has 0 radical (unpaired) electrons. The first-order chi connectivity index (χ1) is 9.59. The van der Waals surface area contributed by atoms with Crippen molar-refractivity contribution < 1.29 is 19.4 Å². The van der Waals surface area contributed by atoms with Crippen molar-refractivity contribution in [3.63, 3.8) is 0 Å². The third-order valence-corrected chi connectivity index (χ3v) is 3.55. The molecule has 20 heavy (non-hydrogen) atoms. The maximum absolute atomic E-state index is 12.1. The van der Waals surface area contributed by atoms with Crippen molar-refractivity contribution >= 4 is 11.9 Å². The van der Waals surface area contributed by atoms with Crippen LogP contribution >= 0.6 is 0 Å². The molecule has 1 unspecified atom stereocenters. The van der Waals surface area contributed by atoms with Crippen LogP contribution in [0.4, 0.5) is 0 Å². The van der Waals surface area contributed by atoms with E-state index in [-0.39, 0.29) is 12.0 Å². The summed E-state index contributed by atoms with van der Waals surface area (Å²) in [6.45, 7) is 1.13. The fourth-order valence-corrected chi connectivity index (χ4v) is 2.36. The summed E-state index contributed by atoms with van der Waals surface area (Å²) in [7, 11) is 1.73. The van der Waals surface area contributed by atoms with Gasteiger partial charge in [-0.15, -0.1) is 0 Å². The van der Waals surface area contributed by atoms with E-state index in [1.807, 2.05) is 6.07 Å². The van der Waals surface area contributed by atoms with Crippen LogP contribution in [0.15, 0.2) is 24.3 Å². The molecule has 0 bridgehead atoms. The number of rotatable bonds is 5. The Morgan fingerprint density at radius 3 is 2.80 bits per heavy atom. The number of ether oxygens (including phenoxy) is 1. The molecule has 2 rings (SSSR count). The van der Waals surface area contributed by atoms with Gasteiger partial charge in [0.2, 0.25) is 0 Å². The second-order valence-electron chi connectivity index (χ2n) is 4.97. The highest BCUT2D eigenvalue weighted by Crippen LogP contribution is 2.15. The van der Waals surface area contributed by atoms with Crippen LogP contribution in [0.1, 0.15) is 28.8 Å². The Labute approximate surface area is 118 Å². The number of carbonyl (C=O) groups is 2. The molecule has 1 fully saturated rings. The monoisotopic (exact) mass is 277 g/mol. The molecular formula is C15H19NO4. The summed E-state index contributed by atoms with van der Waals surface area (Å²) in [6.07, 6.45) is 1.90. The minimum Gasteiger partial charge on any atom is -0.478 e. The standard InChI is InChI=1S/C15H19NO4/c1-16(14(17)13-7-4-10-20-13)9-8-11-5-2-3-6-12(11)15(18)19/h2-3,5-6,13H,4,7-10H2,1H3,(H,18,19). The molecule has 1 aromatic rings. The lowest BCUT2D eigenvalue weighted by molar-refractivity contribution is -0.139. The average molecular weight is 277 g/mol. The smallest absolute Gasteiger partial charge is 0.335 e. The Bertz CT molecular complexity index is 494. The van der Waals surface area contributed by atoms with E-state index in [2.05, 4.69) is 0 Å². The molecule has 0 saturated carbocycles. The minimum absolute atomic E-state index is 0.0182. The highest BCUT2D eigenvalue weighted by Gasteiger charge is 2.26. The highest BCUT2D eigenvalue weighted by atomic mass is 16.5. The molecule has 1 aromatic carbocycles. The second kappa shape index (κ2) is 6.52. The molecule has 0 spiro atoms. The van der Waals surface area contributed by atoms with E-state index in [0.29, 0.717) is 25.1 Å². The zero-order valence-corrected chi connectivity index (χ0v) is 11.5. The molecule has 1 atom stereocenters. The molecule has 108 valence electrons. The van der Waals surface area contributed by atoms with Crippen molar-refractivity contribution in [1.82, 2.24) is 4.90 Å². The van der Waals surface area contributed by atoms with E-state index in [0.717, 1.165) is 18.4 Å². The predicted molar refractivity (Wildman–Crippen MR) is 73.7 cm³/mol. The lowest BCUT2D eigenvalue weighted by Crippen LogP contribution is -2.37. The van der Waals surface area contributed by atoms with Gasteiger partial charge in [0.25, 0.3) is 5.91 Å². The first kappa shape index (κ1) is 14.5. The van der Waals surface area contributed by atoms with Gasteiger partial charge < -0.3 is 14.7 Å². The zero-order chi connectivity index (χ0) is 14.5. The largest absolute Gasteiger partial charge is 0.478 e. The summed E-state index contributed by atoms with van der Waals surface area (Å²) in [5, 5.41) is 9.11. The van der Waals surface area contributed by atoms with E-state index in [4.69, 9.17) is 9.84 Å². The zero-order valence-electron chi connectivity index (χ0n) is 11.5. The molecule has 1 heterocycles. The lowest BCUT2D eigenvalue weighted by Gasteiger charge is -2.20. The molecule has 0 aliphatic carbocycles. The number of carboxylic acid groups (broad SMARTS) is 1. The molecule has 1 saturated heterocycles. The van der Waals surface area contributed by atoms with Gasteiger partial charge in [-0.05, 0) is 30.9 Å². The van der Waals surface area contributed by atoms with Crippen LogP contribution < -0.4 is 0 Å². The molecule has 5 heteroatoms. The van der Waals surface area contributed by atoms with E-state index in [9.17, 15) is 9.59 Å². The van der Waals surface area contributed by atoms with Crippen molar-refractivity contribution in [1.29, 1.82) is 0 Å². The summed E-state index contributed by atoms with van der Waals surface area (Å²) >= 11 is 0. The number of benzene rings is 1. The number of amides is 1. The summed E-state index contributed by atoms with van der Waals surface area (Å²) in [4.78, 5) is 24.8. The summed E-state index contributed by atoms with van der Waals surface area (Å²) in [6, 6.07) is 6.88. The third kappa shape index (κ3) is 3.36. The van der Waals surface area contributed by atoms with Crippen molar-refractivity contribution in [3.8, 4) is 0 Å². The molecule has 0 aromatic heterocycles. The van der Waals surface area contributed by atoms with Crippen molar-refractivity contribution in [2.45, 2.75) is 25.4 Å². The fraction of sp³-hybridized carbons (Fsp3) is 0.467. The molecular weight excluding hydrogens is 258 g/mol. The van der Waals surface area contributed by atoms with Gasteiger partial charge in [-0.1, -0.05) is 18.2 Å². The summed E-state index contributed by atoms with van der Waals surface area (Å²) in [5.74, 6) is -0.955. The van der Waals surface area contributed by atoms with Gasteiger partial charge in [-0.3, -0.25) is 4.79 Å². The van der Waals surface area contributed by atoms with Crippen LogP contribution in [0.25, 0.3) is 0 Å². The summed E-state index contributed by atoms with van der Waals surface area (Å²) < 4.78 is 5.36. The van der Waals surface area contributed by atoms with Gasteiger partial charge in [0.15, 0.2) is 0 Å². The molecule has 1 aliphatic rings. The second-order valence-corrected chi connectivity index (χ2v) is 4.97. The van der Waals surface area contributed by atoms with Gasteiger partial charge in [0.05, 0.1) is 5.56 Å². The Hall–Kier alpha value is -1.88. The third-order valence-electron chi connectivity index (χ3n) is 3.55. The molecule has 1 N–H and O–H groups in total. The van der Waals surface area contributed by atoms with Gasteiger partial charge in [0.1, 0.15) is 6.10 Å². The SMILES string of the molecule is CN(CCc1ccccc1C(=O)O)C(=O)C1CCCO1. The number of aromatic carboxylic acids is 1. The summed E-state index contributed by atoms with van der Waals surface area (Å²) in [5.41, 5.74) is 1.04. The first-order valence-electron chi connectivity index (χ1n) is 6.77. The number of nitrogens with zero attached hydrogens (tertiary/aromatic N) is 1. The van der Waals surface area contributed by atoms with Gasteiger partial charge in [0, 0.05) is 20.2 Å². The Kier molecular flexibility index (Phi) is 4.74. The Morgan fingerprint density at radius 1 is 1.40 bits per heavy atom. The lowest BCUT2D eigenvalue weighted by atomic mass is 10.0. The first-order valence-corrected chi connectivity index (χ1v) is 6.77. The highest BCUT2D eigenvalue weighted by molar-refractivity contribution is 5.89. The average Bonchev–Trinajstić information content (AvgIpc) is 2.98. The quantitative estimate of drug-likeness (QED) is 0.887. The van der Waals surface area contributed by atoms with Crippen molar-refractivity contribution in [2.24, 2.45) is 0 Å². The van der Waals surface area contributed by atoms with E-state index < -0.39 is 5.97 Å². The normalized spacial score (nSPS) is 17.9. The number of hydrogen-bond acceptors (Lipinski definition) is 3. The Balaban J connectivity index is 1.94. The predicted octanol–water partition coefficient (Wildman–Crippen LogP) is 1.56. The van der Waals surface area contributed by atoms with Crippen LogP contribution in [0.2, 0.25) is 0 Å². The van der Waals surface area contributed by atoms with E-state index in [1.165, 1.54) is 0 Å². The number of carbonyl (C=O) groups excluding carboxylic acids is 1. The van der Waals surface area contributed by atoms with Gasteiger partial charge >= 0.3 is 5.97 Å². The number of hydrogen-bond donors (Lipinski definition) is 1. The number of carboxylic acids is 1. The molecule has 1 amide bonds. The fourth-order valence-electron chi connectivity index (χ4n) is 2.36. The molecule has 5 nitrogen and oxygen atoms in total. The van der Waals surface area contributed by atoms with Crippen LogP contribution in [-0.4, -0.2) is 48.2 Å². The maximum atomic E-state index is 12.1. The van der Waals surface area contributed by atoms with Crippen LogP contribution in [0.5, 0.6) is 0 Å². The Morgan fingerprint density at radius 2 is 2.15 bits per heavy atom. The maximum Gasteiger partial charge on any atom is 0.335 e. The van der Waals surface area contributed by atoms with Crippen molar-refractivity contribution in [2.75, 3.05) is 20.2 Å². The van der Waals surface area contributed by atoms with E-state index in [1.54, 1.807) is 30.1 Å². The van der Waals surface area contributed by atoms with Gasteiger partial charge in [-0.25, -0.2) is 4.79 Å². The van der Waals surface area contributed by atoms with Crippen LogP contribution in [0.3, 0.4) is 0 Å². The van der Waals surface area contributed by atoms with Crippen molar-refractivity contribution in [3.05, 3.63) is 35.4 Å². The van der Waals surface area contributed by atoms with Crippen LogP contribution in [0, 0.1) is 0 Å². The van der Waals surface area contributed by atoms with Gasteiger partial charge in [-0.2, -0.15) is 0 Å². The number of likely N-dealkylation sites (N-methyl/N-ethyl adjacent to an activating group) is 1. The van der Waals surface area contributed by atoms with Crippen LogP contribution in [-0.2, 0) is 16.0 Å². The van der Waals surface area contributed by atoms with E-state index >= 15 is 0 Å².